The van der Waals surface area contributed by atoms with E-state index in [0.717, 1.165) is 36.5 Å². The predicted octanol–water partition coefficient (Wildman–Crippen LogP) is 3.50. The zero-order chi connectivity index (χ0) is 20.4. The minimum Gasteiger partial charge on any atom is -0.452 e. The number of carbonyl (C=O) groups excluding carboxylic acids is 3. The molecule has 1 saturated heterocycles. The molecule has 0 bridgehead atoms. The molecule has 1 saturated carbocycles. The lowest BCUT2D eigenvalue weighted by Crippen LogP contribution is -2.36. The van der Waals surface area contributed by atoms with Gasteiger partial charge < -0.3 is 15.0 Å². The molecule has 6 nitrogen and oxygen atoms in total. The van der Waals surface area contributed by atoms with Crippen LogP contribution in [0.4, 0.5) is 5.69 Å². The smallest absolute Gasteiger partial charge is 0.312 e. The van der Waals surface area contributed by atoms with Gasteiger partial charge in [-0.1, -0.05) is 43.2 Å². The first-order valence-electron chi connectivity index (χ1n) is 10.3. The average molecular weight is 394 g/mol. The minimum absolute atomic E-state index is 0.0205. The predicted molar refractivity (Wildman–Crippen MR) is 110 cm³/mol. The first-order valence-corrected chi connectivity index (χ1v) is 10.3. The number of ether oxygens (including phenoxy) is 1. The van der Waals surface area contributed by atoms with Crippen LogP contribution in [0, 0.1) is 5.92 Å². The number of hydrogen-bond acceptors (Lipinski definition) is 4. The molecular formula is C23H26N2O4. The van der Waals surface area contributed by atoms with Crippen LogP contribution in [0.1, 0.15) is 39.0 Å². The molecule has 2 aromatic carbocycles. The monoisotopic (exact) mass is 394 g/mol. The molecule has 4 rings (SSSR count). The summed E-state index contributed by atoms with van der Waals surface area (Å²) in [6, 6.07) is 13.8. The molecule has 2 atom stereocenters. The normalized spacial score (nSPS) is 20.8. The molecule has 0 spiro atoms. The van der Waals surface area contributed by atoms with E-state index in [4.69, 9.17) is 4.74 Å². The molecule has 2 amide bonds. The highest BCUT2D eigenvalue weighted by atomic mass is 16.5. The minimum atomic E-state index is -0.926. The number of esters is 1. The van der Waals surface area contributed by atoms with Gasteiger partial charge in [0.15, 0.2) is 6.10 Å². The van der Waals surface area contributed by atoms with E-state index >= 15 is 0 Å². The Labute approximate surface area is 170 Å². The molecule has 0 radical (unpaired) electrons. The van der Waals surface area contributed by atoms with Gasteiger partial charge in [0.2, 0.25) is 5.91 Å². The third-order valence-electron chi connectivity index (χ3n) is 5.94. The van der Waals surface area contributed by atoms with Crippen LogP contribution in [0.25, 0.3) is 10.8 Å². The lowest BCUT2D eigenvalue weighted by atomic mass is 10.1. The number of nitrogens with zero attached hydrogens (tertiary/aromatic N) is 1. The second-order valence-corrected chi connectivity index (χ2v) is 8.02. The highest BCUT2D eigenvalue weighted by Crippen LogP contribution is 2.30. The SMILES string of the molecule is C[C@@H](OC(=O)[C@H]1CC(=O)N(C2CCCC2)C1)C(=O)Nc1ccc2ccccc2c1. The number of anilines is 1. The molecule has 1 N–H and O–H groups in total. The molecule has 1 heterocycles. The van der Waals surface area contributed by atoms with Crippen molar-refractivity contribution in [3.8, 4) is 0 Å². The molecule has 6 heteroatoms. The van der Waals surface area contributed by atoms with E-state index in [9.17, 15) is 14.4 Å². The summed E-state index contributed by atoms with van der Waals surface area (Å²) in [6.07, 6.45) is 3.54. The van der Waals surface area contributed by atoms with E-state index in [-0.39, 0.29) is 24.3 Å². The van der Waals surface area contributed by atoms with Crippen molar-refractivity contribution in [2.45, 2.75) is 51.2 Å². The maximum atomic E-state index is 12.5. The van der Waals surface area contributed by atoms with Crippen molar-refractivity contribution < 1.29 is 19.1 Å². The third-order valence-corrected chi connectivity index (χ3v) is 5.94. The fraction of sp³-hybridized carbons (Fsp3) is 0.435. The van der Waals surface area contributed by atoms with Crippen LogP contribution < -0.4 is 5.32 Å². The Balaban J connectivity index is 1.33. The Bertz CT molecular complexity index is 935. The van der Waals surface area contributed by atoms with E-state index in [1.54, 1.807) is 6.92 Å². The highest BCUT2D eigenvalue weighted by molar-refractivity contribution is 5.97. The van der Waals surface area contributed by atoms with Crippen molar-refractivity contribution in [2.24, 2.45) is 5.92 Å². The largest absolute Gasteiger partial charge is 0.452 e. The lowest BCUT2D eigenvalue weighted by molar-refractivity contribution is -0.157. The van der Waals surface area contributed by atoms with Gasteiger partial charge in [-0.2, -0.15) is 0 Å². The van der Waals surface area contributed by atoms with Crippen LogP contribution in [0.5, 0.6) is 0 Å². The Morgan fingerprint density at radius 1 is 1.10 bits per heavy atom. The topological polar surface area (TPSA) is 75.7 Å². The number of rotatable bonds is 5. The van der Waals surface area contributed by atoms with Gasteiger partial charge in [-0.15, -0.1) is 0 Å². The third kappa shape index (κ3) is 4.26. The van der Waals surface area contributed by atoms with Crippen molar-refractivity contribution >= 4 is 34.2 Å². The quantitative estimate of drug-likeness (QED) is 0.788. The molecule has 29 heavy (non-hydrogen) atoms. The van der Waals surface area contributed by atoms with Crippen LogP contribution in [-0.2, 0) is 19.1 Å². The van der Waals surface area contributed by atoms with Crippen LogP contribution in [0.3, 0.4) is 0 Å². The van der Waals surface area contributed by atoms with Gasteiger partial charge in [0, 0.05) is 24.7 Å². The maximum Gasteiger partial charge on any atom is 0.312 e. The fourth-order valence-corrected chi connectivity index (χ4v) is 4.29. The first kappa shape index (κ1) is 19.4. The molecule has 152 valence electrons. The number of hydrogen-bond donors (Lipinski definition) is 1. The van der Waals surface area contributed by atoms with Crippen LogP contribution in [0.2, 0.25) is 0 Å². The van der Waals surface area contributed by atoms with E-state index in [1.807, 2.05) is 47.4 Å². The number of likely N-dealkylation sites (tertiary alicyclic amines) is 1. The summed E-state index contributed by atoms with van der Waals surface area (Å²) in [7, 11) is 0. The Morgan fingerprint density at radius 3 is 2.59 bits per heavy atom. The Kier molecular flexibility index (Phi) is 5.51. The second kappa shape index (κ2) is 8.23. The summed E-state index contributed by atoms with van der Waals surface area (Å²) in [6.45, 7) is 1.96. The van der Waals surface area contributed by atoms with Crippen LogP contribution >= 0.6 is 0 Å². The van der Waals surface area contributed by atoms with Gasteiger partial charge in [-0.05, 0) is 42.7 Å². The number of amides is 2. The van der Waals surface area contributed by atoms with Crippen molar-refractivity contribution in [1.29, 1.82) is 0 Å². The summed E-state index contributed by atoms with van der Waals surface area (Å²) in [5, 5.41) is 4.90. The van der Waals surface area contributed by atoms with Gasteiger partial charge in [0.05, 0.1) is 5.92 Å². The zero-order valence-corrected chi connectivity index (χ0v) is 16.6. The Morgan fingerprint density at radius 2 is 1.83 bits per heavy atom. The van der Waals surface area contributed by atoms with Crippen LogP contribution in [0.15, 0.2) is 42.5 Å². The number of benzene rings is 2. The van der Waals surface area contributed by atoms with E-state index < -0.39 is 18.0 Å². The molecule has 0 aromatic heterocycles. The highest BCUT2D eigenvalue weighted by Gasteiger charge is 2.40. The van der Waals surface area contributed by atoms with E-state index in [2.05, 4.69) is 5.32 Å². The lowest BCUT2D eigenvalue weighted by Gasteiger charge is -2.24. The molecular weight excluding hydrogens is 368 g/mol. The van der Waals surface area contributed by atoms with Crippen molar-refractivity contribution in [3.05, 3.63) is 42.5 Å². The first-order chi connectivity index (χ1) is 14.0. The standard InChI is InChI=1S/C23H26N2O4/c1-15(22(27)24-19-11-10-16-6-2-3-7-17(16)12-19)29-23(28)18-13-21(26)25(14-18)20-8-4-5-9-20/h2-3,6-7,10-12,15,18,20H,4-5,8-9,13-14H2,1H3,(H,24,27)/t15-,18+/m1/s1. The van der Waals surface area contributed by atoms with Crippen molar-refractivity contribution in [2.75, 3.05) is 11.9 Å². The summed E-state index contributed by atoms with van der Waals surface area (Å²) in [4.78, 5) is 39.1. The molecule has 0 unspecified atom stereocenters. The summed E-state index contributed by atoms with van der Waals surface area (Å²) in [5.74, 6) is -1.32. The summed E-state index contributed by atoms with van der Waals surface area (Å²) >= 11 is 0. The van der Waals surface area contributed by atoms with Gasteiger partial charge in [-0.25, -0.2) is 0 Å². The molecule has 2 aliphatic rings. The summed E-state index contributed by atoms with van der Waals surface area (Å²) < 4.78 is 5.39. The average Bonchev–Trinajstić information content (AvgIpc) is 3.37. The number of carbonyl (C=O) groups is 3. The maximum absolute atomic E-state index is 12.5. The second-order valence-electron chi connectivity index (χ2n) is 8.02. The molecule has 1 aliphatic heterocycles. The fourth-order valence-electron chi connectivity index (χ4n) is 4.29. The zero-order valence-electron chi connectivity index (χ0n) is 16.6. The van der Waals surface area contributed by atoms with Gasteiger partial charge >= 0.3 is 5.97 Å². The number of nitrogens with one attached hydrogen (secondary N) is 1. The van der Waals surface area contributed by atoms with Crippen molar-refractivity contribution in [1.82, 2.24) is 4.90 Å². The Hall–Kier alpha value is -2.89. The van der Waals surface area contributed by atoms with E-state index in [1.165, 1.54) is 0 Å². The number of fused-ring (bicyclic) bond motifs is 1. The van der Waals surface area contributed by atoms with Gasteiger partial charge in [-0.3, -0.25) is 14.4 Å². The van der Waals surface area contributed by atoms with Gasteiger partial charge in [0.25, 0.3) is 5.91 Å². The van der Waals surface area contributed by atoms with E-state index in [0.29, 0.717) is 12.2 Å². The van der Waals surface area contributed by atoms with Crippen LogP contribution in [-0.4, -0.2) is 41.4 Å². The van der Waals surface area contributed by atoms with Crippen molar-refractivity contribution in [3.63, 3.8) is 0 Å². The molecule has 1 aliphatic carbocycles. The molecule has 2 aromatic rings. The summed E-state index contributed by atoms with van der Waals surface area (Å²) in [5.41, 5.74) is 0.653. The molecule has 2 fully saturated rings. The van der Waals surface area contributed by atoms with Gasteiger partial charge in [0.1, 0.15) is 0 Å².